The van der Waals surface area contributed by atoms with Crippen LogP contribution in [0.4, 0.5) is 0 Å². The first-order valence-corrected chi connectivity index (χ1v) is 14.7. The second-order valence-corrected chi connectivity index (χ2v) is 13.0. The predicted octanol–water partition coefficient (Wildman–Crippen LogP) is 5.60. The zero-order valence-electron chi connectivity index (χ0n) is 22.2. The van der Waals surface area contributed by atoms with Crippen LogP contribution in [0.25, 0.3) is 0 Å². The molecule has 5 nitrogen and oxygen atoms in total. The first kappa shape index (κ1) is 24.7. The van der Waals surface area contributed by atoms with Crippen molar-refractivity contribution in [1.82, 2.24) is 4.90 Å². The Bertz CT molecular complexity index is 932. The van der Waals surface area contributed by atoms with E-state index in [1.165, 1.54) is 19.3 Å². The third-order valence-corrected chi connectivity index (χ3v) is 11.3. The van der Waals surface area contributed by atoms with Crippen molar-refractivity contribution in [2.45, 2.75) is 108 Å². The van der Waals surface area contributed by atoms with E-state index in [1.54, 1.807) is 0 Å². The lowest BCUT2D eigenvalue weighted by Gasteiger charge is -2.65. The largest absolute Gasteiger partial charge is 0.487 e. The molecular formula is C31H45NO4. The van der Waals surface area contributed by atoms with Crippen LogP contribution in [0, 0.1) is 29.1 Å². The topological polar surface area (TPSA) is 59.0 Å². The summed E-state index contributed by atoms with van der Waals surface area (Å²) in [6.45, 7) is 6.52. The lowest BCUT2D eigenvalue weighted by molar-refractivity contribution is -0.188. The molecule has 36 heavy (non-hydrogen) atoms. The van der Waals surface area contributed by atoms with E-state index in [0.29, 0.717) is 23.7 Å². The van der Waals surface area contributed by atoms with E-state index in [0.717, 1.165) is 70.3 Å². The number of likely N-dealkylation sites (tertiary alicyclic amines) is 1. The van der Waals surface area contributed by atoms with Crippen molar-refractivity contribution in [1.29, 1.82) is 0 Å². The Balaban J connectivity index is 1.23. The molecule has 5 heteroatoms. The lowest BCUT2D eigenvalue weighted by Crippen LogP contribution is -2.67. The van der Waals surface area contributed by atoms with Gasteiger partial charge >= 0.3 is 0 Å². The average molecular weight is 496 g/mol. The Morgan fingerprint density at radius 3 is 2.56 bits per heavy atom. The Kier molecular flexibility index (Phi) is 6.61. The molecule has 1 N–H and O–H groups in total. The van der Waals surface area contributed by atoms with Gasteiger partial charge in [0.25, 0.3) is 5.91 Å². The summed E-state index contributed by atoms with van der Waals surface area (Å²) < 4.78 is 12.5. The van der Waals surface area contributed by atoms with Crippen molar-refractivity contribution < 1.29 is 19.4 Å². The fourth-order valence-electron chi connectivity index (χ4n) is 9.46. The van der Waals surface area contributed by atoms with Gasteiger partial charge in [-0.1, -0.05) is 25.1 Å². The highest BCUT2D eigenvalue weighted by molar-refractivity contribution is 5.82. The minimum absolute atomic E-state index is 0.0470. The molecule has 0 aromatic heterocycles. The summed E-state index contributed by atoms with van der Waals surface area (Å²) in [5, 5.41) is 11.0. The lowest BCUT2D eigenvalue weighted by atomic mass is 9.44. The summed E-state index contributed by atoms with van der Waals surface area (Å²) in [6.07, 6.45) is 11.1. The van der Waals surface area contributed by atoms with Gasteiger partial charge in [-0.2, -0.15) is 0 Å². The molecule has 5 aliphatic rings. The highest BCUT2D eigenvalue weighted by Crippen LogP contribution is 2.63. The molecule has 1 aromatic rings. The normalized spacial score (nSPS) is 44.6. The number of ether oxygens (including phenoxy) is 2. The van der Waals surface area contributed by atoms with E-state index in [4.69, 9.17) is 9.47 Å². The van der Waals surface area contributed by atoms with Crippen molar-refractivity contribution in [2.75, 3.05) is 13.2 Å². The van der Waals surface area contributed by atoms with Crippen molar-refractivity contribution in [3.8, 4) is 5.75 Å². The molecule has 0 spiro atoms. The van der Waals surface area contributed by atoms with Gasteiger partial charge in [0.1, 0.15) is 18.0 Å². The molecule has 9 atom stereocenters. The number of para-hydroxylation sites is 1. The zero-order valence-corrected chi connectivity index (χ0v) is 22.2. The maximum atomic E-state index is 13.7. The van der Waals surface area contributed by atoms with E-state index in [-0.39, 0.29) is 29.1 Å². The molecule has 1 aromatic carbocycles. The number of aliphatic hydroxyl groups excluding tert-OH is 1. The monoisotopic (exact) mass is 495 g/mol. The molecule has 2 aliphatic heterocycles. The number of hydrogen-bond acceptors (Lipinski definition) is 4. The number of hydrogen-bond donors (Lipinski definition) is 1. The van der Waals surface area contributed by atoms with Gasteiger partial charge in [-0.25, -0.2) is 0 Å². The van der Waals surface area contributed by atoms with Gasteiger partial charge < -0.3 is 19.5 Å². The second kappa shape index (κ2) is 9.62. The van der Waals surface area contributed by atoms with Crippen LogP contribution in [0.1, 0.15) is 84.5 Å². The number of benzene rings is 1. The van der Waals surface area contributed by atoms with Crippen LogP contribution >= 0.6 is 0 Å². The number of carbonyl (C=O) groups is 1. The summed E-state index contributed by atoms with van der Waals surface area (Å²) in [5.74, 6) is 3.37. The molecule has 198 valence electrons. The number of aliphatic hydroxyl groups is 1. The maximum absolute atomic E-state index is 13.7. The first-order chi connectivity index (χ1) is 17.4. The van der Waals surface area contributed by atoms with E-state index in [9.17, 15) is 9.90 Å². The highest BCUT2D eigenvalue weighted by atomic mass is 16.5. The van der Waals surface area contributed by atoms with Gasteiger partial charge in [-0.15, -0.1) is 0 Å². The minimum Gasteiger partial charge on any atom is -0.487 e. The minimum atomic E-state index is -0.396. The van der Waals surface area contributed by atoms with Crippen LogP contribution in [-0.4, -0.2) is 52.9 Å². The van der Waals surface area contributed by atoms with Crippen LogP contribution in [0.15, 0.2) is 30.3 Å². The number of nitrogens with zero attached hydrogens (tertiary/aromatic N) is 1. The predicted molar refractivity (Wildman–Crippen MR) is 140 cm³/mol. The highest BCUT2D eigenvalue weighted by Gasteiger charge is 2.61. The van der Waals surface area contributed by atoms with Gasteiger partial charge in [0, 0.05) is 24.6 Å². The SMILES string of the molecule is C[C@]12CC[C@@H](O)[C@H](Oc3ccccc3)C1CC[C@@H]1[C@@H]2CC[C@@]2(C)[C@H]1CCCN2C(=O)[C@H]1CCCCO1. The number of amides is 1. The standard InChI is InChI=1S/C31H45NO4/c1-30-17-16-26(33)28(36-21-9-4-3-5-10-21)25(30)14-13-22-23(30)15-18-31(2)24(22)11-8-19-32(31)29(34)27-12-6-7-20-35-27/h3-5,9-10,22-28,33H,6-8,11-20H2,1-2H3/t22-,23+,24+,25?,26-,27-,28-,30-,31+/m1/s1. The summed E-state index contributed by atoms with van der Waals surface area (Å²) in [5.41, 5.74) is 0.135. The van der Waals surface area contributed by atoms with Crippen molar-refractivity contribution in [3.05, 3.63) is 30.3 Å². The van der Waals surface area contributed by atoms with Crippen molar-refractivity contribution in [3.63, 3.8) is 0 Å². The molecule has 1 amide bonds. The Morgan fingerprint density at radius 1 is 0.944 bits per heavy atom. The smallest absolute Gasteiger partial charge is 0.252 e. The van der Waals surface area contributed by atoms with Crippen molar-refractivity contribution >= 4 is 5.91 Å². The molecule has 0 bridgehead atoms. The van der Waals surface area contributed by atoms with Gasteiger partial charge in [-0.3, -0.25) is 4.79 Å². The fourth-order valence-corrected chi connectivity index (χ4v) is 9.46. The van der Waals surface area contributed by atoms with Crippen LogP contribution in [-0.2, 0) is 9.53 Å². The van der Waals surface area contributed by atoms with Crippen molar-refractivity contribution in [2.24, 2.45) is 29.1 Å². The quantitative estimate of drug-likeness (QED) is 0.593. The Labute approximate surface area is 216 Å². The van der Waals surface area contributed by atoms with Crippen LogP contribution < -0.4 is 4.74 Å². The molecular weight excluding hydrogens is 450 g/mol. The summed E-state index contributed by atoms with van der Waals surface area (Å²) in [6, 6.07) is 10.1. The molecule has 3 saturated carbocycles. The van der Waals surface area contributed by atoms with Crippen LogP contribution in [0.2, 0.25) is 0 Å². The van der Waals surface area contributed by atoms with Crippen LogP contribution in [0.3, 0.4) is 0 Å². The van der Waals surface area contributed by atoms with Crippen LogP contribution in [0.5, 0.6) is 5.75 Å². The molecule has 1 unspecified atom stereocenters. The average Bonchev–Trinajstić information content (AvgIpc) is 2.90. The molecule has 5 fully saturated rings. The fraction of sp³-hybridized carbons (Fsp3) is 0.774. The number of carbonyl (C=O) groups excluding carboxylic acids is 1. The van der Waals surface area contributed by atoms with E-state index in [1.807, 2.05) is 30.3 Å². The Morgan fingerprint density at radius 2 is 1.78 bits per heavy atom. The Hall–Kier alpha value is -1.59. The molecule has 3 aliphatic carbocycles. The molecule has 6 rings (SSSR count). The first-order valence-electron chi connectivity index (χ1n) is 14.7. The van der Waals surface area contributed by atoms with E-state index in [2.05, 4.69) is 18.7 Å². The number of piperidine rings is 1. The summed E-state index contributed by atoms with van der Waals surface area (Å²) in [7, 11) is 0. The van der Waals surface area contributed by atoms with Gasteiger partial charge in [0.05, 0.1) is 6.10 Å². The van der Waals surface area contributed by atoms with Gasteiger partial charge in [-0.05, 0) is 113 Å². The third-order valence-electron chi connectivity index (χ3n) is 11.3. The van der Waals surface area contributed by atoms with E-state index >= 15 is 0 Å². The maximum Gasteiger partial charge on any atom is 0.252 e. The summed E-state index contributed by atoms with van der Waals surface area (Å²) >= 11 is 0. The molecule has 2 heterocycles. The van der Waals surface area contributed by atoms with E-state index < -0.39 is 6.10 Å². The molecule has 2 saturated heterocycles. The summed E-state index contributed by atoms with van der Waals surface area (Å²) in [4.78, 5) is 15.9. The third kappa shape index (κ3) is 4.00. The van der Waals surface area contributed by atoms with Gasteiger partial charge in [0.15, 0.2) is 0 Å². The molecule has 0 radical (unpaired) electrons. The number of rotatable bonds is 3. The number of fused-ring (bicyclic) bond motifs is 5. The van der Waals surface area contributed by atoms with Gasteiger partial charge in [0.2, 0.25) is 0 Å². The zero-order chi connectivity index (χ0) is 24.9. The second-order valence-electron chi connectivity index (χ2n) is 13.0.